The predicted octanol–water partition coefficient (Wildman–Crippen LogP) is 2.48. The molecule has 1 aliphatic rings. The molecule has 1 fully saturated rings. The number of urea groups is 1. The Morgan fingerprint density at radius 3 is 2.83 bits per heavy atom. The number of halogens is 1. The van der Waals surface area contributed by atoms with E-state index < -0.39 is 0 Å². The van der Waals surface area contributed by atoms with E-state index in [0.29, 0.717) is 13.1 Å². The molecule has 0 bridgehead atoms. The average Bonchev–Trinajstić information content (AvgIpc) is 2.77. The van der Waals surface area contributed by atoms with E-state index >= 15 is 0 Å². The number of nitrogens with zero attached hydrogens (tertiary/aromatic N) is 1. The van der Waals surface area contributed by atoms with Crippen LogP contribution < -0.4 is 5.32 Å². The molecule has 0 aromatic heterocycles. The van der Waals surface area contributed by atoms with E-state index in [0.717, 1.165) is 9.37 Å². The average molecular weight is 329 g/mol. The molecule has 0 saturated carbocycles. The van der Waals surface area contributed by atoms with Crippen molar-refractivity contribution >= 4 is 39.6 Å². The van der Waals surface area contributed by atoms with Crippen LogP contribution in [0.2, 0.25) is 0 Å². The summed E-state index contributed by atoms with van der Waals surface area (Å²) in [6.45, 7) is 2.81. The molecule has 1 aromatic carbocycles. The zero-order chi connectivity index (χ0) is 13.1. The first-order valence-corrected chi connectivity index (χ1v) is 7.27. The van der Waals surface area contributed by atoms with Gasteiger partial charge in [0, 0.05) is 22.5 Å². The van der Waals surface area contributed by atoms with Crippen LogP contribution in [0.15, 0.2) is 33.6 Å². The van der Waals surface area contributed by atoms with Crippen LogP contribution in [0.25, 0.3) is 0 Å². The molecule has 1 atom stereocenters. The molecule has 6 heteroatoms. The molecule has 2 rings (SSSR count). The van der Waals surface area contributed by atoms with Gasteiger partial charge in [-0.05, 0) is 35.0 Å². The van der Waals surface area contributed by atoms with E-state index in [1.807, 2.05) is 31.2 Å². The molecule has 4 nitrogen and oxygen atoms in total. The summed E-state index contributed by atoms with van der Waals surface area (Å²) < 4.78 is 0.959. The zero-order valence-corrected chi connectivity index (χ0v) is 12.3. The maximum Gasteiger partial charge on any atom is 0.324 e. The Labute approximate surface area is 118 Å². The molecule has 1 unspecified atom stereocenters. The number of hydrogen-bond donors (Lipinski definition) is 1. The second kappa shape index (κ2) is 5.75. The zero-order valence-electron chi connectivity index (χ0n) is 9.85. The minimum Gasteiger partial charge on any atom is -0.336 e. The van der Waals surface area contributed by atoms with Crippen LogP contribution in [-0.2, 0) is 4.79 Å². The number of imide groups is 1. The lowest BCUT2D eigenvalue weighted by Crippen LogP contribution is -2.38. The van der Waals surface area contributed by atoms with E-state index in [1.165, 1.54) is 16.7 Å². The third-order valence-electron chi connectivity index (χ3n) is 2.61. The van der Waals surface area contributed by atoms with Gasteiger partial charge in [-0.2, -0.15) is 0 Å². The Morgan fingerprint density at radius 2 is 2.22 bits per heavy atom. The first-order chi connectivity index (χ1) is 8.59. The minimum atomic E-state index is -0.292. The van der Waals surface area contributed by atoms with Crippen LogP contribution in [0.5, 0.6) is 0 Å². The maximum atomic E-state index is 12.1. The monoisotopic (exact) mass is 328 g/mol. The van der Waals surface area contributed by atoms with Gasteiger partial charge in [0.2, 0.25) is 5.91 Å². The third kappa shape index (κ3) is 2.87. The fourth-order valence-corrected chi connectivity index (χ4v) is 3.19. The molecule has 1 heterocycles. The highest BCUT2D eigenvalue weighted by Crippen LogP contribution is 2.31. The van der Waals surface area contributed by atoms with Crippen molar-refractivity contribution < 1.29 is 9.59 Å². The number of nitrogens with one attached hydrogen (secondary N) is 1. The smallest absolute Gasteiger partial charge is 0.324 e. The highest BCUT2D eigenvalue weighted by molar-refractivity contribution is 9.10. The summed E-state index contributed by atoms with van der Waals surface area (Å²) in [6, 6.07) is 7.44. The second-order valence-corrected chi connectivity index (χ2v) is 6.15. The molecule has 0 spiro atoms. The van der Waals surface area contributed by atoms with Gasteiger partial charge in [-0.3, -0.25) is 9.69 Å². The SMILES string of the molecule is CC(Sc1ccccc1Br)C(=O)N1CCNC1=O. The number of thioether (sulfide) groups is 1. The van der Waals surface area contributed by atoms with E-state index in [2.05, 4.69) is 21.2 Å². The Bertz CT molecular complexity index is 481. The number of benzene rings is 1. The molecule has 0 aliphatic carbocycles. The van der Waals surface area contributed by atoms with Crippen molar-refractivity contribution in [3.63, 3.8) is 0 Å². The van der Waals surface area contributed by atoms with Gasteiger partial charge < -0.3 is 5.32 Å². The number of amides is 3. The summed E-state index contributed by atoms with van der Waals surface area (Å²) in [5, 5.41) is 2.34. The van der Waals surface area contributed by atoms with Gasteiger partial charge in [-0.25, -0.2) is 4.79 Å². The molecular formula is C12H13BrN2O2S. The van der Waals surface area contributed by atoms with Crippen molar-refractivity contribution in [2.45, 2.75) is 17.1 Å². The van der Waals surface area contributed by atoms with Crippen molar-refractivity contribution in [3.8, 4) is 0 Å². The van der Waals surface area contributed by atoms with Crippen LogP contribution in [0.3, 0.4) is 0 Å². The third-order valence-corrected chi connectivity index (χ3v) is 4.73. The van der Waals surface area contributed by atoms with Crippen molar-refractivity contribution in [1.82, 2.24) is 10.2 Å². The first kappa shape index (κ1) is 13.4. The van der Waals surface area contributed by atoms with Crippen LogP contribution in [-0.4, -0.2) is 35.2 Å². The van der Waals surface area contributed by atoms with E-state index in [1.54, 1.807) is 0 Å². The summed E-state index contributed by atoms with van der Waals surface area (Å²) >= 11 is 4.89. The maximum absolute atomic E-state index is 12.1. The van der Waals surface area contributed by atoms with Gasteiger partial charge in [-0.1, -0.05) is 12.1 Å². The van der Waals surface area contributed by atoms with Gasteiger partial charge in [0.05, 0.1) is 5.25 Å². The second-order valence-electron chi connectivity index (χ2n) is 3.91. The highest BCUT2D eigenvalue weighted by Gasteiger charge is 2.30. The summed E-state index contributed by atoms with van der Waals surface area (Å²) in [4.78, 5) is 25.8. The van der Waals surface area contributed by atoms with Gasteiger partial charge >= 0.3 is 6.03 Å². The Balaban J connectivity index is 2.04. The van der Waals surface area contributed by atoms with Gasteiger partial charge in [0.15, 0.2) is 0 Å². The molecule has 18 heavy (non-hydrogen) atoms. The summed E-state index contributed by atoms with van der Waals surface area (Å²) in [5.74, 6) is -0.147. The molecule has 0 radical (unpaired) electrons. The summed E-state index contributed by atoms with van der Waals surface area (Å²) in [6.07, 6.45) is 0. The number of hydrogen-bond acceptors (Lipinski definition) is 3. The van der Waals surface area contributed by atoms with Crippen LogP contribution in [0.4, 0.5) is 4.79 Å². The van der Waals surface area contributed by atoms with Crippen LogP contribution in [0, 0.1) is 0 Å². The van der Waals surface area contributed by atoms with Crippen molar-refractivity contribution in [2.75, 3.05) is 13.1 Å². The normalized spacial score (nSPS) is 16.6. The van der Waals surface area contributed by atoms with Crippen molar-refractivity contribution in [1.29, 1.82) is 0 Å². The Kier molecular flexibility index (Phi) is 4.29. The molecular weight excluding hydrogens is 316 g/mol. The summed E-state index contributed by atoms with van der Waals surface area (Å²) in [7, 11) is 0. The minimum absolute atomic E-state index is 0.147. The Morgan fingerprint density at radius 1 is 1.50 bits per heavy atom. The van der Waals surface area contributed by atoms with Gasteiger partial charge in [0.1, 0.15) is 0 Å². The highest BCUT2D eigenvalue weighted by atomic mass is 79.9. The largest absolute Gasteiger partial charge is 0.336 e. The first-order valence-electron chi connectivity index (χ1n) is 5.60. The fraction of sp³-hybridized carbons (Fsp3) is 0.333. The number of rotatable bonds is 3. The van der Waals surface area contributed by atoms with E-state index in [9.17, 15) is 9.59 Å². The Hall–Kier alpha value is -1.01. The molecule has 1 aromatic rings. The standard InChI is InChI=1S/C12H13BrN2O2S/c1-8(11(16)15-7-6-14-12(15)17)18-10-5-3-2-4-9(10)13/h2-5,8H,6-7H2,1H3,(H,14,17). The quantitative estimate of drug-likeness (QED) is 0.867. The lowest BCUT2D eigenvalue weighted by Gasteiger charge is -2.17. The van der Waals surface area contributed by atoms with Crippen LogP contribution in [0.1, 0.15) is 6.92 Å². The van der Waals surface area contributed by atoms with E-state index in [-0.39, 0.29) is 17.2 Å². The summed E-state index contributed by atoms with van der Waals surface area (Å²) in [5.41, 5.74) is 0. The fourth-order valence-electron chi connectivity index (χ4n) is 1.68. The lowest BCUT2D eigenvalue weighted by atomic mass is 10.4. The number of carbonyl (C=O) groups is 2. The van der Waals surface area contributed by atoms with Crippen LogP contribution >= 0.6 is 27.7 Å². The number of carbonyl (C=O) groups excluding carboxylic acids is 2. The predicted molar refractivity (Wildman–Crippen MR) is 74.6 cm³/mol. The van der Waals surface area contributed by atoms with Gasteiger partial charge in [-0.15, -0.1) is 11.8 Å². The lowest BCUT2D eigenvalue weighted by molar-refractivity contribution is -0.126. The molecule has 1 aliphatic heterocycles. The van der Waals surface area contributed by atoms with Crippen molar-refractivity contribution in [3.05, 3.63) is 28.7 Å². The van der Waals surface area contributed by atoms with Gasteiger partial charge in [0.25, 0.3) is 0 Å². The molecule has 96 valence electrons. The van der Waals surface area contributed by atoms with E-state index in [4.69, 9.17) is 0 Å². The molecule has 3 amide bonds. The topological polar surface area (TPSA) is 49.4 Å². The van der Waals surface area contributed by atoms with Crippen molar-refractivity contribution in [2.24, 2.45) is 0 Å². The molecule has 1 saturated heterocycles. The molecule has 1 N–H and O–H groups in total.